The van der Waals surface area contributed by atoms with Gasteiger partial charge < -0.3 is 15.0 Å². The van der Waals surface area contributed by atoms with Crippen LogP contribution in [0.5, 0.6) is 0 Å². The molecule has 2 fully saturated rings. The van der Waals surface area contributed by atoms with Crippen LogP contribution in [0.25, 0.3) is 0 Å². The Hall–Kier alpha value is -0.260. The van der Waals surface area contributed by atoms with Crippen LogP contribution < -0.4 is 5.32 Å². The highest BCUT2D eigenvalue weighted by Gasteiger charge is 2.27. The number of hydrogen-bond acceptors (Lipinski definition) is 4. The van der Waals surface area contributed by atoms with Gasteiger partial charge >= 0.3 is 0 Å². The molecule has 2 unspecified atom stereocenters. The van der Waals surface area contributed by atoms with E-state index in [4.69, 9.17) is 4.74 Å². The lowest BCUT2D eigenvalue weighted by molar-refractivity contribution is -0.131. The van der Waals surface area contributed by atoms with Crippen molar-refractivity contribution in [3.8, 4) is 0 Å². The predicted molar refractivity (Wildman–Crippen MR) is 65.7 cm³/mol. The average molecular weight is 244 g/mol. The van der Waals surface area contributed by atoms with Crippen molar-refractivity contribution in [3.63, 3.8) is 0 Å². The molecule has 0 aromatic heterocycles. The fourth-order valence-electron chi connectivity index (χ4n) is 2.24. The van der Waals surface area contributed by atoms with Gasteiger partial charge in [0.15, 0.2) is 0 Å². The number of methoxy groups -OCH3 is 1. The summed E-state index contributed by atoms with van der Waals surface area (Å²) in [7, 11) is 1.72. The normalized spacial score (nSPS) is 30.7. The van der Waals surface area contributed by atoms with Crippen molar-refractivity contribution < 1.29 is 9.53 Å². The summed E-state index contributed by atoms with van der Waals surface area (Å²) in [5, 5.41) is 3.40. The Kier molecular flexibility index (Phi) is 4.49. The number of rotatable bonds is 3. The maximum absolute atomic E-state index is 12.0. The summed E-state index contributed by atoms with van der Waals surface area (Å²) in [5.74, 6) is 2.51. The highest BCUT2D eigenvalue weighted by atomic mass is 32.2. The molecule has 2 heterocycles. The van der Waals surface area contributed by atoms with E-state index in [1.807, 2.05) is 16.7 Å². The molecule has 0 aliphatic carbocycles. The van der Waals surface area contributed by atoms with E-state index >= 15 is 0 Å². The molecule has 5 heteroatoms. The quantitative estimate of drug-likeness (QED) is 0.777. The zero-order chi connectivity index (χ0) is 11.4. The number of nitrogens with one attached hydrogen (secondary N) is 1. The molecule has 2 atom stereocenters. The molecule has 2 saturated heterocycles. The number of thioether (sulfide) groups is 1. The average Bonchev–Trinajstić information content (AvgIpc) is 2.79. The third-order valence-electron chi connectivity index (χ3n) is 3.25. The summed E-state index contributed by atoms with van der Waals surface area (Å²) >= 11 is 1.93. The molecule has 1 amide bonds. The lowest BCUT2D eigenvalue weighted by atomic mass is 10.2. The largest absolute Gasteiger partial charge is 0.380 e. The standard InChI is InChI=1S/C11H20N2O2S/c1-15-10-2-4-13(7-10)11(14)6-9-8-16-5-3-12-9/h9-10,12H,2-8H2,1H3. The molecule has 2 rings (SSSR count). The number of carbonyl (C=O) groups excluding carboxylic acids is 1. The molecule has 0 aromatic carbocycles. The van der Waals surface area contributed by atoms with Crippen LogP contribution >= 0.6 is 11.8 Å². The molecular weight excluding hydrogens is 224 g/mol. The Morgan fingerprint density at radius 1 is 1.62 bits per heavy atom. The van der Waals surface area contributed by atoms with E-state index in [0.29, 0.717) is 12.5 Å². The molecule has 92 valence electrons. The van der Waals surface area contributed by atoms with Gasteiger partial charge in [-0.2, -0.15) is 11.8 Å². The third kappa shape index (κ3) is 3.12. The lowest BCUT2D eigenvalue weighted by Crippen LogP contribution is -2.42. The Morgan fingerprint density at radius 3 is 3.12 bits per heavy atom. The first-order chi connectivity index (χ1) is 7.79. The van der Waals surface area contributed by atoms with Crippen LogP contribution in [0.3, 0.4) is 0 Å². The SMILES string of the molecule is COC1CCN(C(=O)CC2CSCCN2)C1. The Balaban J connectivity index is 1.75. The Labute approximate surface area is 101 Å². The topological polar surface area (TPSA) is 41.6 Å². The van der Waals surface area contributed by atoms with E-state index in [1.165, 1.54) is 5.75 Å². The van der Waals surface area contributed by atoms with Crippen molar-refractivity contribution in [2.45, 2.75) is 25.0 Å². The van der Waals surface area contributed by atoms with Gasteiger partial charge in [-0.1, -0.05) is 0 Å². The molecule has 0 spiro atoms. The van der Waals surface area contributed by atoms with Gasteiger partial charge in [0, 0.05) is 50.7 Å². The van der Waals surface area contributed by atoms with Crippen molar-refractivity contribution >= 4 is 17.7 Å². The molecule has 4 nitrogen and oxygen atoms in total. The van der Waals surface area contributed by atoms with Gasteiger partial charge in [-0.15, -0.1) is 0 Å². The van der Waals surface area contributed by atoms with Crippen molar-refractivity contribution in [1.82, 2.24) is 10.2 Å². The zero-order valence-corrected chi connectivity index (χ0v) is 10.6. The van der Waals surface area contributed by atoms with Crippen molar-refractivity contribution in [1.29, 1.82) is 0 Å². The van der Waals surface area contributed by atoms with Crippen LogP contribution in [0.15, 0.2) is 0 Å². The first-order valence-electron chi connectivity index (χ1n) is 5.91. The molecule has 0 saturated carbocycles. The summed E-state index contributed by atoms with van der Waals surface area (Å²) in [6, 6.07) is 0.368. The van der Waals surface area contributed by atoms with Gasteiger partial charge in [0.25, 0.3) is 0 Å². The fraction of sp³-hybridized carbons (Fsp3) is 0.909. The lowest BCUT2D eigenvalue weighted by Gasteiger charge is -2.25. The van der Waals surface area contributed by atoms with Gasteiger partial charge in [0.05, 0.1) is 6.10 Å². The van der Waals surface area contributed by atoms with E-state index in [0.717, 1.165) is 31.8 Å². The smallest absolute Gasteiger partial charge is 0.224 e. The predicted octanol–water partition coefficient (Wildman–Crippen LogP) is 0.329. The molecule has 0 bridgehead atoms. The van der Waals surface area contributed by atoms with Crippen LogP contribution in [0.4, 0.5) is 0 Å². The van der Waals surface area contributed by atoms with Crippen LogP contribution in [-0.4, -0.2) is 61.2 Å². The van der Waals surface area contributed by atoms with E-state index < -0.39 is 0 Å². The maximum Gasteiger partial charge on any atom is 0.224 e. The van der Waals surface area contributed by atoms with Crippen molar-refractivity contribution in [2.24, 2.45) is 0 Å². The molecule has 1 N–H and O–H groups in total. The van der Waals surface area contributed by atoms with Gasteiger partial charge in [0.1, 0.15) is 0 Å². The van der Waals surface area contributed by atoms with Gasteiger partial charge in [-0.3, -0.25) is 4.79 Å². The number of carbonyl (C=O) groups is 1. The van der Waals surface area contributed by atoms with E-state index in [1.54, 1.807) is 7.11 Å². The van der Waals surface area contributed by atoms with Crippen LogP contribution in [-0.2, 0) is 9.53 Å². The van der Waals surface area contributed by atoms with Gasteiger partial charge in [-0.25, -0.2) is 0 Å². The molecule has 2 aliphatic rings. The summed E-state index contributed by atoms with van der Waals surface area (Å²) < 4.78 is 5.27. The number of nitrogens with zero attached hydrogens (tertiary/aromatic N) is 1. The third-order valence-corrected chi connectivity index (χ3v) is 4.38. The van der Waals surface area contributed by atoms with E-state index in [-0.39, 0.29) is 12.0 Å². The van der Waals surface area contributed by atoms with Crippen molar-refractivity contribution in [3.05, 3.63) is 0 Å². The Bertz CT molecular complexity index is 244. The second-order valence-electron chi connectivity index (χ2n) is 4.42. The van der Waals surface area contributed by atoms with Gasteiger partial charge in [0.2, 0.25) is 5.91 Å². The maximum atomic E-state index is 12.0. The fourth-order valence-corrected chi connectivity index (χ4v) is 3.19. The molecular formula is C11H20N2O2S. The highest BCUT2D eigenvalue weighted by molar-refractivity contribution is 7.99. The molecule has 2 aliphatic heterocycles. The number of ether oxygens (including phenoxy) is 1. The molecule has 0 aromatic rings. The second kappa shape index (κ2) is 5.89. The van der Waals surface area contributed by atoms with E-state index in [2.05, 4.69) is 5.32 Å². The minimum atomic E-state index is 0.248. The summed E-state index contributed by atoms with van der Waals surface area (Å²) in [6.45, 7) is 2.66. The minimum absolute atomic E-state index is 0.248. The Morgan fingerprint density at radius 2 is 2.50 bits per heavy atom. The summed E-state index contributed by atoms with van der Waals surface area (Å²) in [4.78, 5) is 13.9. The van der Waals surface area contributed by atoms with Crippen LogP contribution in [0.2, 0.25) is 0 Å². The molecule has 0 radical (unpaired) electrons. The van der Waals surface area contributed by atoms with Crippen molar-refractivity contribution in [2.75, 3.05) is 38.2 Å². The van der Waals surface area contributed by atoms with Crippen LogP contribution in [0, 0.1) is 0 Å². The number of likely N-dealkylation sites (tertiary alicyclic amines) is 1. The summed E-state index contributed by atoms with van der Waals surface area (Å²) in [6.07, 6.45) is 1.87. The molecule has 16 heavy (non-hydrogen) atoms. The highest BCUT2D eigenvalue weighted by Crippen LogP contribution is 2.16. The first kappa shape index (κ1) is 12.2. The number of hydrogen-bond donors (Lipinski definition) is 1. The second-order valence-corrected chi connectivity index (χ2v) is 5.57. The minimum Gasteiger partial charge on any atom is -0.380 e. The summed E-state index contributed by atoms with van der Waals surface area (Å²) in [5.41, 5.74) is 0. The monoisotopic (exact) mass is 244 g/mol. The van der Waals surface area contributed by atoms with E-state index in [9.17, 15) is 4.79 Å². The number of amides is 1. The zero-order valence-electron chi connectivity index (χ0n) is 9.78. The van der Waals surface area contributed by atoms with Crippen LogP contribution in [0.1, 0.15) is 12.8 Å². The van der Waals surface area contributed by atoms with Gasteiger partial charge in [-0.05, 0) is 6.42 Å². The first-order valence-corrected chi connectivity index (χ1v) is 7.06.